The number of pyridine rings is 2. The molecule has 0 aliphatic carbocycles. The molecule has 1 spiro atoms. The summed E-state index contributed by atoms with van der Waals surface area (Å²) in [4.78, 5) is 21.2. The van der Waals surface area contributed by atoms with Gasteiger partial charge in [0.1, 0.15) is 22.8 Å². The van der Waals surface area contributed by atoms with Gasteiger partial charge in [0.05, 0.1) is 32.1 Å². The van der Waals surface area contributed by atoms with E-state index in [2.05, 4.69) is 26.7 Å². The summed E-state index contributed by atoms with van der Waals surface area (Å²) >= 11 is 0. The predicted octanol–water partition coefficient (Wildman–Crippen LogP) is 1.61. The molecule has 2 fully saturated rings. The highest BCUT2D eigenvalue weighted by Gasteiger charge is 2.50. The van der Waals surface area contributed by atoms with Gasteiger partial charge in [-0.1, -0.05) is 5.92 Å². The average molecular weight is 369 g/mol. The Morgan fingerprint density at radius 3 is 2.89 bits per heavy atom. The van der Waals surface area contributed by atoms with Crippen molar-refractivity contribution < 1.29 is 13.9 Å². The van der Waals surface area contributed by atoms with E-state index in [4.69, 9.17) is 9.47 Å². The molecule has 0 saturated carbocycles. The summed E-state index contributed by atoms with van der Waals surface area (Å²) in [6, 6.07) is 3.19. The third-order valence-corrected chi connectivity index (χ3v) is 5.21. The lowest BCUT2D eigenvalue weighted by atomic mass is 9.90. The maximum Gasteiger partial charge on any atom is 0.271 e. The molecular formula is C20H20FN3O3. The average Bonchev–Trinajstić information content (AvgIpc) is 2.61. The summed E-state index contributed by atoms with van der Waals surface area (Å²) in [7, 11) is 0. The SMILES string of the molecule is Cc1cc(F)cnc1C#Cc1c[nH]c(=O)c(N2CCOC3(COC3)[C@@H]2C)c1. The minimum atomic E-state index is -0.389. The molecule has 4 rings (SSSR count). The zero-order valence-corrected chi connectivity index (χ0v) is 15.2. The number of ether oxygens (including phenoxy) is 2. The number of aromatic amines is 1. The molecule has 0 bridgehead atoms. The van der Waals surface area contributed by atoms with Gasteiger partial charge >= 0.3 is 0 Å². The van der Waals surface area contributed by atoms with Crippen molar-refractivity contribution in [3.63, 3.8) is 0 Å². The van der Waals surface area contributed by atoms with Crippen molar-refractivity contribution in [2.24, 2.45) is 0 Å². The van der Waals surface area contributed by atoms with Gasteiger partial charge < -0.3 is 19.4 Å². The number of nitrogens with one attached hydrogen (secondary N) is 1. The van der Waals surface area contributed by atoms with Gasteiger partial charge in [0, 0.05) is 18.3 Å². The fourth-order valence-corrected chi connectivity index (χ4v) is 3.46. The monoisotopic (exact) mass is 369 g/mol. The maximum absolute atomic E-state index is 13.2. The van der Waals surface area contributed by atoms with Crippen molar-refractivity contribution in [3.05, 3.63) is 57.5 Å². The van der Waals surface area contributed by atoms with E-state index in [1.165, 1.54) is 6.07 Å². The molecule has 6 nitrogen and oxygen atoms in total. The molecule has 1 atom stereocenters. The van der Waals surface area contributed by atoms with Crippen molar-refractivity contribution in [2.45, 2.75) is 25.5 Å². The molecule has 0 aromatic carbocycles. The second kappa shape index (κ2) is 6.80. The quantitative estimate of drug-likeness (QED) is 0.774. The maximum atomic E-state index is 13.2. The first-order valence-corrected chi connectivity index (χ1v) is 8.84. The number of morpholine rings is 1. The van der Waals surface area contributed by atoms with Crippen LogP contribution in [0.2, 0.25) is 0 Å². The lowest BCUT2D eigenvalue weighted by Crippen LogP contribution is -2.68. The number of hydrogen-bond donors (Lipinski definition) is 1. The number of halogens is 1. The van der Waals surface area contributed by atoms with Crippen molar-refractivity contribution in [2.75, 3.05) is 31.3 Å². The Kier molecular flexibility index (Phi) is 4.46. The van der Waals surface area contributed by atoms with E-state index in [1.54, 1.807) is 19.2 Å². The molecule has 2 aromatic heterocycles. The molecule has 2 aliphatic heterocycles. The highest BCUT2D eigenvalue weighted by atomic mass is 19.1. The lowest BCUT2D eigenvalue weighted by molar-refractivity contribution is -0.228. The van der Waals surface area contributed by atoms with E-state index < -0.39 is 0 Å². The Morgan fingerprint density at radius 1 is 1.37 bits per heavy atom. The number of rotatable bonds is 1. The van der Waals surface area contributed by atoms with Crippen LogP contribution in [-0.4, -0.2) is 48.0 Å². The van der Waals surface area contributed by atoms with Crippen LogP contribution < -0.4 is 10.5 Å². The molecule has 7 heteroatoms. The van der Waals surface area contributed by atoms with Gasteiger partial charge in [0.25, 0.3) is 5.56 Å². The van der Waals surface area contributed by atoms with Crippen LogP contribution in [0.5, 0.6) is 0 Å². The molecule has 0 unspecified atom stereocenters. The van der Waals surface area contributed by atoms with E-state index in [9.17, 15) is 9.18 Å². The van der Waals surface area contributed by atoms with Gasteiger partial charge in [-0.25, -0.2) is 9.37 Å². The molecule has 27 heavy (non-hydrogen) atoms. The Bertz CT molecular complexity index is 988. The number of H-pyrrole nitrogens is 1. The smallest absolute Gasteiger partial charge is 0.271 e. The number of aryl methyl sites for hydroxylation is 1. The zero-order valence-electron chi connectivity index (χ0n) is 15.2. The van der Waals surface area contributed by atoms with Crippen LogP contribution >= 0.6 is 0 Å². The number of aromatic nitrogens is 2. The van der Waals surface area contributed by atoms with Gasteiger partial charge in [0.2, 0.25) is 0 Å². The van der Waals surface area contributed by atoms with Crippen LogP contribution in [-0.2, 0) is 9.47 Å². The summed E-state index contributed by atoms with van der Waals surface area (Å²) in [6.45, 7) is 6.05. The Balaban J connectivity index is 1.64. The first-order chi connectivity index (χ1) is 13.0. The van der Waals surface area contributed by atoms with Crippen molar-refractivity contribution >= 4 is 5.69 Å². The molecule has 1 N–H and O–H groups in total. The Labute approximate surface area is 156 Å². The van der Waals surface area contributed by atoms with E-state index in [1.807, 2.05) is 6.92 Å². The molecule has 2 aliphatic rings. The van der Waals surface area contributed by atoms with Crippen LogP contribution in [0, 0.1) is 24.6 Å². The second-order valence-corrected chi connectivity index (χ2v) is 6.95. The Morgan fingerprint density at radius 2 is 2.19 bits per heavy atom. The van der Waals surface area contributed by atoms with Crippen molar-refractivity contribution in [3.8, 4) is 11.8 Å². The van der Waals surface area contributed by atoms with Crippen molar-refractivity contribution in [1.29, 1.82) is 0 Å². The van der Waals surface area contributed by atoms with Crippen molar-refractivity contribution in [1.82, 2.24) is 9.97 Å². The van der Waals surface area contributed by atoms with Crippen LogP contribution in [0.3, 0.4) is 0 Å². The topological polar surface area (TPSA) is 67.5 Å². The number of nitrogens with zero attached hydrogens (tertiary/aromatic N) is 2. The third-order valence-electron chi connectivity index (χ3n) is 5.21. The second-order valence-electron chi connectivity index (χ2n) is 6.95. The standard InChI is InChI=1S/C20H20FN3O3/c1-13-7-16(21)10-22-17(13)4-3-15-8-18(19(25)23-9-15)24-5-6-27-20(14(24)2)11-26-12-20/h7-10,14H,5-6,11-12H2,1-2H3,(H,23,25)/t14-/m0/s1. The molecule has 2 aromatic rings. The number of hydrogen-bond acceptors (Lipinski definition) is 5. The molecule has 4 heterocycles. The summed E-state index contributed by atoms with van der Waals surface area (Å²) in [6.07, 6.45) is 2.72. The van der Waals surface area contributed by atoms with Crippen LogP contribution in [0.15, 0.2) is 29.3 Å². The van der Waals surface area contributed by atoms with E-state index in [0.29, 0.717) is 48.9 Å². The third kappa shape index (κ3) is 3.22. The van der Waals surface area contributed by atoms with E-state index >= 15 is 0 Å². The van der Waals surface area contributed by atoms with Gasteiger partial charge in [-0.15, -0.1) is 0 Å². The first kappa shape index (κ1) is 17.7. The van der Waals surface area contributed by atoms with Crippen LogP contribution in [0.4, 0.5) is 10.1 Å². The molecular weight excluding hydrogens is 349 g/mol. The highest BCUT2D eigenvalue weighted by Crippen LogP contribution is 2.34. The molecule has 140 valence electrons. The normalized spacial score (nSPS) is 20.7. The summed E-state index contributed by atoms with van der Waals surface area (Å²) in [5.74, 6) is 5.56. The fourth-order valence-electron chi connectivity index (χ4n) is 3.46. The molecule has 2 saturated heterocycles. The molecule has 0 amide bonds. The zero-order chi connectivity index (χ0) is 19.0. The highest BCUT2D eigenvalue weighted by molar-refractivity contribution is 5.53. The van der Waals surface area contributed by atoms with E-state index in [0.717, 1.165) is 6.20 Å². The largest absolute Gasteiger partial charge is 0.375 e. The van der Waals surface area contributed by atoms with Gasteiger partial charge in [0.15, 0.2) is 0 Å². The lowest BCUT2D eigenvalue weighted by Gasteiger charge is -2.53. The summed E-state index contributed by atoms with van der Waals surface area (Å²) < 4.78 is 24.4. The van der Waals surface area contributed by atoms with Gasteiger partial charge in [-0.3, -0.25) is 4.79 Å². The summed E-state index contributed by atoms with van der Waals surface area (Å²) in [5, 5.41) is 0. The first-order valence-electron chi connectivity index (χ1n) is 8.84. The number of anilines is 1. The van der Waals surface area contributed by atoms with Crippen LogP contribution in [0.25, 0.3) is 0 Å². The van der Waals surface area contributed by atoms with E-state index in [-0.39, 0.29) is 23.0 Å². The summed E-state index contributed by atoms with van der Waals surface area (Å²) in [5.41, 5.74) is 1.89. The van der Waals surface area contributed by atoms with Gasteiger partial charge in [-0.2, -0.15) is 0 Å². The fraction of sp³-hybridized carbons (Fsp3) is 0.400. The van der Waals surface area contributed by atoms with Crippen LogP contribution in [0.1, 0.15) is 23.7 Å². The minimum absolute atomic E-state index is 0.0188. The predicted molar refractivity (Wildman–Crippen MR) is 98.3 cm³/mol. The minimum Gasteiger partial charge on any atom is -0.375 e. The Hall–Kier alpha value is -2.69. The molecule has 0 radical (unpaired) electrons. The van der Waals surface area contributed by atoms with Gasteiger partial charge in [-0.05, 0) is 37.5 Å².